The Morgan fingerprint density at radius 3 is 2.96 bits per heavy atom. The lowest BCUT2D eigenvalue weighted by Crippen LogP contribution is -2.04. The van der Waals surface area contributed by atoms with Gasteiger partial charge in [0.15, 0.2) is 10.9 Å². The first-order valence-electron chi connectivity index (χ1n) is 7.44. The molecule has 0 aliphatic rings. The number of aromatic nitrogens is 2. The molecule has 2 N–H and O–H groups in total. The third-order valence-corrected chi connectivity index (χ3v) is 4.98. The van der Waals surface area contributed by atoms with Crippen molar-refractivity contribution >= 4 is 33.2 Å². The summed E-state index contributed by atoms with van der Waals surface area (Å²) in [5.41, 5.74) is 3.12. The van der Waals surface area contributed by atoms with E-state index in [-0.39, 0.29) is 5.78 Å². The molecular formula is C17H19N3O2S. The number of fused-ring (bicyclic) bond motifs is 1. The van der Waals surface area contributed by atoms with Gasteiger partial charge in [0.2, 0.25) is 0 Å². The number of thiazole rings is 1. The molecule has 1 aromatic carbocycles. The van der Waals surface area contributed by atoms with Gasteiger partial charge in [-0.05, 0) is 37.1 Å². The molecule has 0 amide bonds. The van der Waals surface area contributed by atoms with Gasteiger partial charge in [0, 0.05) is 30.6 Å². The highest BCUT2D eigenvalue weighted by Crippen LogP contribution is 2.25. The van der Waals surface area contributed by atoms with Crippen LogP contribution in [0.4, 0.5) is 5.13 Å². The van der Waals surface area contributed by atoms with E-state index in [9.17, 15) is 4.79 Å². The Balaban J connectivity index is 1.69. The summed E-state index contributed by atoms with van der Waals surface area (Å²) in [6.07, 6.45) is 2.89. The van der Waals surface area contributed by atoms with Gasteiger partial charge in [0.25, 0.3) is 0 Å². The fraction of sp³-hybridized carbons (Fsp3) is 0.294. The molecule has 0 spiro atoms. The van der Waals surface area contributed by atoms with Gasteiger partial charge in [0.05, 0.1) is 17.7 Å². The smallest absolute Gasteiger partial charge is 0.183 e. The van der Waals surface area contributed by atoms with Crippen LogP contribution in [0.3, 0.4) is 0 Å². The molecule has 0 fully saturated rings. The van der Waals surface area contributed by atoms with Crippen molar-refractivity contribution in [2.24, 2.45) is 0 Å². The third-order valence-electron chi connectivity index (χ3n) is 3.76. The predicted octanol–water partition coefficient (Wildman–Crippen LogP) is 3.80. The summed E-state index contributed by atoms with van der Waals surface area (Å²) in [5.74, 6) is 0.921. The maximum absolute atomic E-state index is 11.5. The number of anilines is 1. The van der Waals surface area contributed by atoms with Crippen molar-refractivity contribution in [3.63, 3.8) is 0 Å². The fourth-order valence-electron chi connectivity index (χ4n) is 2.59. The van der Waals surface area contributed by atoms with Crippen molar-refractivity contribution < 1.29 is 9.53 Å². The molecule has 0 atom stereocenters. The summed E-state index contributed by atoms with van der Waals surface area (Å²) in [6, 6.07) is 6.01. The lowest BCUT2D eigenvalue weighted by molar-refractivity contribution is 0.102. The van der Waals surface area contributed by atoms with Crippen LogP contribution in [0.15, 0.2) is 24.4 Å². The quantitative estimate of drug-likeness (QED) is 0.675. The van der Waals surface area contributed by atoms with E-state index in [0.717, 1.165) is 39.9 Å². The monoisotopic (exact) mass is 329 g/mol. The van der Waals surface area contributed by atoms with Crippen molar-refractivity contribution in [2.45, 2.75) is 20.3 Å². The van der Waals surface area contributed by atoms with Gasteiger partial charge in [-0.25, -0.2) is 4.98 Å². The summed E-state index contributed by atoms with van der Waals surface area (Å²) in [4.78, 5) is 19.9. The van der Waals surface area contributed by atoms with E-state index in [2.05, 4.69) is 15.3 Å². The van der Waals surface area contributed by atoms with Crippen molar-refractivity contribution in [3.05, 3.63) is 40.5 Å². The average molecular weight is 329 g/mol. The Labute approximate surface area is 138 Å². The van der Waals surface area contributed by atoms with E-state index in [1.165, 1.54) is 22.3 Å². The number of aromatic amines is 1. The maximum Gasteiger partial charge on any atom is 0.183 e. The minimum atomic E-state index is 0.0665. The standard InChI is InChI=1S/C17H19N3O2S/c1-10-16(11(2)21)23-17(20-10)18-7-6-12-9-19-15-5-4-13(22-3)8-14(12)15/h4-5,8-9,19H,6-7H2,1-3H3,(H,18,20). The molecule has 0 aliphatic carbocycles. The third kappa shape index (κ3) is 3.22. The van der Waals surface area contributed by atoms with Gasteiger partial charge in [-0.3, -0.25) is 4.79 Å². The van der Waals surface area contributed by atoms with Crippen LogP contribution in [0.2, 0.25) is 0 Å². The summed E-state index contributed by atoms with van der Waals surface area (Å²) in [6.45, 7) is 4.20. The molecule has 3 aromatic rings. The fourth-order valence-corrected chi connectivity index (χ4v) is 3.48. The van der Waals surface area contributed by atoms with Crippen LogP contribution in [0, 0.1) is 6.92 Å². The molecule has 5 nitrogen and oxygen atoms in total. The Hall–Kier alpha value is -2.34. The first kappa shape index (κ1) is 15.6. The molecule has 0 saturated heterocycles. The van der Waals surface area contributed by atoms with Crippen molar-refractivity contribution in [1.82, 2.24) is 9.97 Å². The Morgan fingerprint density at radius 2 is 2.26 bits per heavy atom. The number of methoxy groups -OCH3 is 1. The number of aryl methyl sites for hydroxylation is 1. The number of ketones is 1. The number of hydrogen-bond donors (Lipinski definition) is 2. The largest absolute Gasteiger partial charge is 0.497 e. The second kappa shape index (κ2) is 6.42. The summed E-state index contributed by atoms with van der Waals surface area (Å²) >= 11 is 1.41. The number of nitrogens with zero attached hydrogens (tertiary/aromatic N) is 1. The highest BCUT2D eigenvalue weighted by Gasteiger charge is 2.11. The number of H-pyrrole nitrogens is 1. The molecule has 2 heterocycles. The predicted molar refractivity (Wildman–Crippen MR) is 93.9 cm³/mol. The summed E-state index contributed by atoms with van der Waals surface area (Å²) in [5, 5.41) is 5.27. The lowest BCUT2D eigenvalue weighted by atomic mass is 10.1. The highest BCUT2D eigenvalue weighted by molar-refractivity contribution is 7.17. The van der Waals surface area contributed by atoms with Crippen LogP contribution in [-0.4, -0.2) is 29.4 Å². The van der Waals surface area contributed by atoms with Gasteiger partial charge < -0.3 is 15.0 Å². The van der Waals surface area contributed by atoms with E-state index in [1.54, 1.807) is 14.0 Å². The first-order valence-corrected chi connectivity index (χ1v) is 8.26. The molecular weight excluding hydrogens is 310 g/mol. The molecule has 0 aliphatic heterocycles. The van der Waals surface area contributed by atoms with E-state index >= 15 is 0 Å². The molecule has 23 heavy (non-hydrogen) atoms. The molecule has 0 saturated carbocycles. The van der Waals surface area contributed by atoms with Crippen LogP contribution < -0.4 is 10.1 Å². The molecule has 0 unspecified atom stereocenters. The SMILES string of the molecule is COc1ccc2[nH]cc(CCNc3nc(C)c(C(C)=O)s3)c2c1. The highest BCUT2D eigenvalue weighted by atomic mass is 32.1. The molecule has 0 bridgehead atoms. The van der Waals surface area contributed by atoms with E-state index in [0.29, 0.717) is 0 Å². The summed E-state index contributed by atoms with van der Waals surface area (Å²) in [7, 11) is 1.67. The molecule has 6 heteroatoms. The topological polar surface area (TPSA) is 67.0 Å². The van der Waals surface area contributed by atoms with E-state index in [4.69, 9.17) is 4.74 Å². The number of hydrogen-bond acceptors (Lipinski definition) is 5. The van der Waals surface area contributed by atoms with E-state index < -0.39 is 0 Å². The molecule has 3 rings (SSSR count). The van der Waals surface area contributed by atoms with Gasteiger partial charge >= 0.3 is 0 Å². The number of nitrogens with one attached hydrogen (secondary N) is 2. The number of benzene rings is 1. The van der Waals surface area contributed by atoms with Crippen molar-refractivity contribution in [3.8, 4) is 5.75 Å². The average Bonchev–Trinajstić information content (AvgIpc) is 3.10. The van der Waals surface area contributed by atoms with Gasteiger partial charge in [-0.1, -0.05) is 11.3 Å². The van der Waals surface area contributed by atoms with Crippen molar-refractivity contribution in [1.29, 1.82) is 0 Å². The first-order chi connectivity index (χ1) is 11.1. The Bertz CT molecular complexity index is 851. The van der Waals surface area contributed by atoms with Crippen LogP contribution in [0.1, 0.15) is 27.9 Å². The second-order valence-electron chi connectivity index (χ2n) is 5.39. The maximum atomic E-state index is 11.5. The van der Waals surface area contributed by atoms with Crippen LogP contribution >= 0.6 is 11.3 Å². The molecule has 120 valence electrons. The lowest BCUT2D eigenvalue weighted by Gasteiger charge is -2.03. The Kier molecular flexibility index (Phi) is 4.34. The van der Waals surface area contributed by atoms with Crippen LogP contribution in [0.25, 0.3) is 10.9 Å². The minimum Gasteiger partial charge on any atom is -0.497 e. The van der Waals surface area contributed by atoms with Gasteiger partial charge in [0.1, 0.15) is 5.75 Å². The number of carbonyl (C=O) groups is 1. The second-order valence-corrected chi connectivity index (χ2v) is 6.39. The number of ether oxygens (including phenoxy) is 1. The van der Waals surface area contributed by atoms with Crippen molar-refractivity contribution in [2.75, 3.05) is 19.0 Å². The zero-order valence-corrected chi connectivity index (χ0v) is 14.2. The zero-order valence-electron chi connectivity index (χ0n) is 13.4. The van der Waals surface area contributed by atoms with Crippen LogP contribution in [-0.2, 0) is 6.42 Å². The zero-order chi connectivity index (χ0) is 16.4. The van der Waals surface area contributed by atoms with Gasteiger partial charge in [-0.2, -0.15) is 0 Å². The number of carbonyl (C=O) groups excluding carboxylic acids is 1. The molecule has 2 aromatic heterocycles. The molecule has 0 radical (unpaired) electrons. The van der Waals surface area contributed by atoms with E-state index in [1.807, 2.05) is 31.3 Å². The van der Waals surface area contributed by atoms with Crippen LogP contribution in [0.5, 0.6) is 5.75 Å². The van der Waals surface area contributed by atoms with Gasteiger partial charge in [-0.15, -0.1) is 0 Å². The summed E-state index contributed by atoms with van der Waals surface area (Å²) < 4.78 is 5.29. The Morgan fingerprint density at radius 1 is 1.43 bits per heavy atom. The number of Topliss-reactive ketones (excluding diaryl/α,β-unsaturated/α-hetero) is 1. The normalized spacial score (nSPS) is 10.9. The minimum absolute atomic E-state index is 0.0665. The number of rotatable bonds is 6.